The molecular formula is C28H52O. The van der Waals surface area contributed by atoms with Crippen molar-refractivity contribution in [3.8, 4) is 0 Å². The third kappa shape index (κ3) is 4.54. The Morgan fingerprint density at radius 3 is 2.14 bits per heavy atom. The van der Waals surface area contributed by atoms with Gasteiger partial charge in [-0.15, -0.1) is 0 Å². The standard InChI is InChI=1S/C22H34O.3C2H6/c1-5-15-12-17-18-7-6-14(2)21(18,3)11-9-19(17)22(4)10-8-16(23)13-20(15)22;3*1-2/h13-15,17-19H,5-12H2,1-4H3;3*1-2H3. The average Bonchev–Trinajstić information content (AvgIpc) is 3.07. The molecule has 0 aromatic carbocycles. The lowest BCUT2D eigenvalue weighted by molar-refractivity contribution is -0.118. The molecule has 0 aliphatic heterocycles. The van der Waals surface area contributed by atoms with Crippen LogP contribution in [0.4, 0.5) is 0 Å². The van der Waals surface area contributed by atoms with Crippen LogP contribution in [0.1, 0.15) is 121 Å². The van der Waals surface area contributed by atoms with E-state index < -0.39 is 0 Å². The van der Waals surface area contributed by atoms with Crippen LogP contribution >= 0.6 is 0 Å². The van der Waals surface area contributed by atoms with Gasteiger partial charge in [0.05, 0.1) is 0 Å². The number of hydrogen-bond acceptors (Lipinski definition) is 1. The van der Waals surface area contributed by atoms with Gasteiger partial charge in [-0.1, -0.05) is 74.8 Å². The van der Waals surface area contributed by atoms with Crippen molar-refractivity contribution in [1.29, 1.82) is 0 Å². The molecule has 0 N–H and O–H groups in total. The van der Waals surface area contributed by atoms with E-state index in [0.717, 1.165) is 36.5 Å². The Labute approximate surface area is 183 Å². The van der Waals surface area contributed by atoms with E-state index in [1.54, 1.807) is 5.57 Å². The normalized spacial score (nSPS) is 42.2. The van der Waals surface area contributed by atoms with E-state index >= 15 is 0 Å². The Balaban J connectivity index is 0.000000644. The van der Waals surface area contributed by atoms with Crippen molar-refractivity contribution in [2.24, 2.45) is 40.4 Å². The number of carbonyl (C=O) groups is 1. The summed E-state index contributed by atoms with van der Waals surface area (Å²) < 4.78 is 0. The van der Waals surface area contributed by atoms with Crippen LogP contribution in [0.3, 0.4) is 0 Å². The molecule has 4 rings (SSSR count). The maximum absolute atomic E-state index is 12.1. The molecule has 0 radical (unpaired) electrons. The Kier molecular flexibility index (Phi) is 10.2. The van der Waals surface area contributed by atoms with Crippen molar-refractivity contribution in [2.45, 2.75) is 121 Å². The molecule has 7 atom stereocenters. The highest BCUT2D eigenvalue weighted by Crippen LogP contribution is 2.67. The van der Waals surface area contributed by atoms with Crippen LogP contribution in [0.5, 0.6) is 0 Å². The predicted octanol–water partition coefficient (Wildman–Crippen LogP) is 8.87. The van der Waals surface area contributed by atoms with E-state index in [9.17, 15) is 4.79 Å². The van der Waals surface area contributed by atoms with Gasteiger partial charge < -0.3 is 0 Å². The quantitative estimate of drug-likeness (QED) is 0.426. The number of hydrogen-bond donors (Lipinski definition) is 0. The molecule has 0 saturated heterocycles. The van der Waals surface area contributed by atoms with Crippen LogP contribution in [-0.2, 0) is 4.79 Å². The second-order valence-electron chi connectivity index (χ2n) is 9.72. The van der Waals surface area contributed by atoms with Crippen molar-refractivity contribution in [3.63, 3.8) is 0 Å². The SMILES string of the molecule is CC.CC.CC.CCC1CC2C(CCC3(C)C(C)CCC23)C2(C)CCC(=O)C=C12. The minimum absolute atomic E-state index is 0.324. The van der Waals surface area contributed by atoms with Gasteiger partial charge in [0, 0.05) is 6.42 Å². The maximum Gasteiger partial charge on any atom is 0.155 e. The number of ketones is 1. The summed E-state index contributed by atoms with van der Waals surface area (Å²) in [7, 11) is 0. The number of carbonyl (C=O) groups excluding carboxylic acids is 1. The smallest absolute Gasteiger partial charge is 0.155 e. The fourth-order valence-electron chi connectivity index (χ4n) is 7.43. The summed E-state index contributed by atoms with van der Waals surface area (Å²) in [6.07, 6.45) is 12.3. The van der Waals surface area contributed by atoms with E-state index in [2.05, 4.69) is 33.8 Å². The lowest BCUT2D eigenvalue weighted by Crippen LogP contribution is -2.52. The molecule has 29 heavy (non-hydrogen) atoms. The third-order valence-electron chi connectivity index (χ3n) is 9.09. The van der Waals surface area contributed by atoms with Crippen molar-refractivity contribution in [3.05, 3.63) is 11.6 Å². The van der Waals surface area contributed by atoms with Crippen LogP contribution in [0.15, 0.2) is 11.6 Å². The predicted molar refractivity (Wildman–Crippen MR) is 129 cm³/mol. The zero-order chi connectivity index (χ0) is 22.4. The van der Waals surface area contributed by atoms with Gasteiger partial charge in [0.15, 0.2) is 5.78 Å². The fourth-order valence-corrected chi connectivity index (χ4v) is 7.43. The lowest BCUT2D eigenvalue weighted by atomic mass is 9.45. The van der Waals surface area contributed by atoms with Gasteiger partial charge in [-0.2, -0.15) is 0 Å². The maximum atomic E-state index is 12.1. The van der Waals surface area contributed by atoms with Crippen LogP contribution < -0.4 is 0 Å². The molecule has 170 valence electrons. The third-order valence-corrected chi connectivity index (χ3v) is 9.09. The van der Waals surface area contributed by atoms with E-state index in [4.69, 9.17) is 0 Å². The van der Waals surface area contributed by atoms with Crippen molar-refractivity contribution < 1.29 is 4.79 Å². The molecule has 0 bridgehead atoms. The van der Waals surface area contributed by atoms with Crippen LogP contribution in [0, 0.1) is 40.4 Å². The molecule has 3 fully saturated rings. The fraction of sp³-hybridized carbons (Fsp3) is 0.893. The zero-order valence-electron chi connectivity index (χ0n) is 21.5. The molecule has 0 spiro atoms. The summed E-state index contributed by atoms with van der Waals surface area (Å²) in [5.41, 5.74) is 2.47. The number of allylic oxidation sites excluding steroid dienone is 1. The van der Waals surface area contributed by atoms with E-state index in [1.165, 1.54) is 38.5 Å². The molecule has 0 heterocycles. The largest absolute Gasteiger partial charge is 0.295 e. The highest BCUT2D eigenvalue weighted by molar-refractivity contribution is 5.91. The molecule has 7 unspecified atom stereocenters. The van der Waals surface area contributed by atoms with Gasteiger partial charge in [0.2, 0.25) is 0 Å². The summed E-state index contributed by atoms with van der Waals surface area (Å²) in [5, 5.41) is 0. The van der Waals surface area contributed by atoms with Gasteiger partial charge in [-0.3, -0.25) is 4.79 Å². The first-order chi connectivity index (χ1) is 13.9. The van der Waals surface area contributed by atoms with E-state index in [1.807, 2.05) is 41.5 Å². The first-order valence-corrected chi connectivity index (χ1v) is 13.1. The summed E-state index contributed by atoms with van der Waals surface area (Å²) in [6, 6.07) is 0. The van der Waals surface area contributed by atoms with Crippen LogP contribution in [0.2, 0.25) is 0 Å². The van der Waals surface area contributed by atoms with Gasteiger partial charge in [0.1, 0.15) is 0 Å². The molecule has 4 aliphatic rings. The zero-order valence-corrected chi connectivity index (χ0v) is 21.5. The van der Waals surface area contributed by atoms with Crippen molar-refractivity contribution in [2.75, 3.05) is 0 Å². The average molecular weight is 405 g/mol. The molecule has 1 heteroatoms. The minimum Gasteiger partial charge on any atom is -0.295 e. The summed E-state index contributed by atoms with van der Waals surface area (Å²) in [5.74, 6) is 4.67. The summed E-state index contributed by atoms with van der Waals surface area (Å²) in [6.45, 7) is 22.0. The molecule has 1 nitrogen and oxygen atoms in total. The highest BCUT2D eigenvalue weighted by Gasteiger charge is 2.59. The van der Waals surface area contributed by atoms with Gasteiger partial charge >= 0.3 is 0 Å². The first-order valence-electron chi connectivity index (χ1n) is 13.1. The monoisotopic (exact) mass is 404 g/mol. The topological polar surface area (TPSA) is 17.1 Å². The molecule has 4 aliphatic carbocycles. The number of rotatable bonds is 1. The molecule has 0 aromatic rings. The second kappa shape index (κ2) is 11.1. The Morgan fingerprint density at radius 1 is 0.931 bits per heavy atom. The number of fused-ring (bicyclic) bond motifs is 5. The van der Waals surface area contributed by atoms with Crippen LogP contribution in [0.25, 0.3) is 0 Å². The van der Waals surface area contributed by atoms with Crippen molar-refractivity contribution >= 4 is 5.78 Å². The first kappa shape index (κ1) is 26.4. The Bertz CT molecular complexity index is 547. The highest BCUT2D eigenvalue weighted by atomic mass is 16.1. The Hall–Kier alpha value is -0.590. The molecule has 3 saturated carbocycles. The van der Waals surface area contributed by atoms with Crippen molar-refractivity contribution in [1.82, 2.24) is 0 Å². The molecule has 0 amide bonds. The van der Waals surface area contributed by atoms with Gasteiger partial charge in [0.25, 0.3) is 0 Å². The van der Waals surface area contributed by atoms with E-state index in [-0.39, 0.29) is 0 Å². The lowest BCUT2D eigenvalue weighted by Gasteiger charge is -2.60. The van der Waals surface area contributed by atoms with Gasteiger partial charge in [-0.25, -0.2) is 0 Å². The Morgan fingerprint density at radius 2 is 1.55 bits per heavy atom. The molecule has 0 aromatic heterocycles. The summed E-state index contributed by atoms with van der Waals surface area (Å²) >= 11 is 0. The second-order valence-corrected chi connectivity index (χ2v) is 9.72. The van der Waals surface area contributed by atoms with E-state index in [0.29, 0.717) is 22.5 Å². The van der Waals surface area contributed by atoms with Crippen LogP contribution in [-0.4, -0.2) is 5.78 Å². The van der Waals surface area contributed by atoms with Gasteiger partial charge in [-0.05, 0) is 91.4 Å². The molecular weight excluding hydrogens is 352 g/mol. The summed E-state index contributed by atoms with van der Waals surface area (Å²) in [4.78, 5) is 12.1. The minimum atomic E-state index is 0.324.